The number of aliphatic hydroxyl groups excluding tert-OH is 1. The Kier molecular flexibility index (Phi) is 4.99. The van der Waals surface area contributed by atoms with E-state index < -0.39 is 7.12 Å². The van der Waals surface area contributed by atoms with Gasteiger partial charge in [-0.15, -0.1) is 0 Å². The quantitative estimate of drug-likeness (QED) is 0.569. The Bertz CT molecular complexity index is 329. The van der Waals surface area contributed by atoms with Crippen molar-refractivity contribution in [3.63, 3.8) is 0 Å². The third-order valence-electron chi connectivity index (χ3n) is 2.56. The maximum atomic E-state index is 9.90. The second-order valence-corrected chi connectivity index (χ2v) is 4.11. The van der Waals surface area contributed by atoms with E-state index in [9.17, 15) is 5.02 Å². The molecule has 0 bridgehead atoms. The molecule has 2 N–H and O–H groups in total. The largest absolute Gasteiger partial charge is 0.491 e. The molecule has 0 spiro atoms. The number of hydrogen-bond donors (Lipinski definition) is 2. The first-order chi connectivity index (χ1) is 7.56. The molecule has 0 aliphatic carbocycles. The van der Waals surface area contributed by atoms with Gasteiger partial charge in [-0.2, -0.15) is 0 Å². The molecular weight excluding hydrogens is 203 g/mol. The van der Waals surface area contributed by atoms with Crippen molar-refractivity contribution < 1.29 is 14.8 Å². The third-order valence-corrected chi connectivity index (χ3v) is 2.56. The molecule has 1 aromatic carbocycles. The summed E-state index contributed by atoms with van der Waals surface area (Å²) in [6.45, 7) is 6.41. The molecule has 1 rings (SSSR count). The van der Waals surface area contributed by atoms with Crippen molar-refractivity contribution in [1.82, 2.24) is 0 Å². The average Bonchev–Trinajstić information content (AvgIpc) is 2.16. The van der Waals surface area contributed by atoms with Crippen molar-refractivity contribution in [3.05, 3.63) is 28.8 Å². The molecule has 1 aromatic rings. The predicted molar refractivity (Wildman–Crippen MR) is 65.9 cm³/mol. The van der Waals surface area contributed by atoms with E-state index in [0.29, 0.717) is 13.0 Å². The van der Waals surface area contributed by atoms with Gasteiger partial charge in [-0.25, -0.2) is 0 Å². The Morgan fingerprint density at radius 3 is 2.25 bits per heavy atom. The van der Waals surface area contributed by atoms with Gasteiger partial charge in [0.25, 0.3) is 0 Å². The van der Waals surface area contributed by atoms with Crippen LogP contribution in [0.3, 0.4) is 0 Å². The maximum Gasteiger partial charge on any atom is 0.491 e. The van der Waals surface area contributed by atoms with Gasteiger partial charge in [0.15, 0.2) is 0 Å². The van der Waals surface area contributed by atoms with Crippen LogP contribution < -0.4 is 5.46 Å². The van der Waals surface area contributed by atoms with Crippen LogP contribution in [0.15, 0.2) is 12.1 Å². The van der Waals surface area contributed by atoms with E-state index in [1.165, 1.54) is 5.56 Å². The van der Waals surface area contributed by atoms with Gasteiger partial charge in [0.2, 0.25) is 0 Å². The fourth-order valence-electron chi connectivity index (χ4n) is 1.92. The Balaban J connectivity index is 2.78. The Morgan fingerprint density at radius 2 is 1.75 bits per heavy atom. The van der Waals surface area contributed by atoms with E-state index in [1.54, 1.807) is 0 Å². The summed E-state index contributed by atoms with van der Waals surface area (Å²) in [6, 6.07) is 4.06. The van der Waals surface area contributed by atoms with Crippen molar-refractivity contribution >= 4 is 12.6 Å². The molecule has 0 fully saturated rings. The van der Waals surface area contributed by atoms with Crippen LogP contribution in [0.25, 0.3) is 0 Å². The lowest BCUT2D eigenvalue weighted by Gasteiger charge is -2.14. The van der Waals surface area contributed by atoms with Crippen LogP contribution in [0.1, 0.15) is 23.1 Å². The van der Waals surface area contributed by atoms with Gasteiger partial charge in [-0.3, -0.25) is 0 Å². The molecule has 0 saturated carbocycles. The van der Waals surface area contributed by atoms with E-state index in [1.807, 2.05) is 32.9 Å². The molecule has 0 saturated heterocycles. The SMILES string of the molecule is Cc1cc(C)c(B(O)OCCCO)c(C)c1. The minimum atomic E-state index is -0.896. The maximum absolute atomic E-state index is 9.90. The summed E-state index contributed by atoms with van der Waals surface area (Å²) < 4.78 is 5.27. The van der Waals surface area contributed by atoms with Crippen molar-refractivity contribution in [3.8, 4) is 0 Å². The number of hydrogen-bond acceptors (Lipinski definition) is 3. The highest BCUT2D eigenvalue weighted by molar-refractivity contribution is 6.61. The zero-order chi connectivity index (χ0) is 12.1. The van der Waals surface area contributed by atoms with Gasteiger partial charge in [0.1, 0.15) is 0 Å². The van der Waals surface area contributed by atoms with Crippen LogP contribution in [0.4, 0.5) is 0 Å². The number of benzene rings is 1. The molecule has 0 unspecified atom stereocenters. The minimum Gasteiger partial charge on any atom is -0.423 e. The smallest absolute Gasteiger partial charge is 0.423 e. The highest BCUT2D eigenvalue weighted by Gasteiger charge is 2.20. The zero-order valence-corrected chi connectivity index (χ0v) is 10.2. The first-order valence-electron chi connectivity index (χ1n) is 5.54. The molecule has 4 heteroatoms. The lowest BCUT2D eigenvalue weighted by atomic mass is 9.73. The highest BCUT2D eigenvalue weighted by Crippen LogP contribution is 2.07. The highest BCUT2D eigenvalue weighted by atomic mass is 16.5. The van der Waals surface area contributed by atoms with Crippen LogP contribution in [0, 0.1) is 20.8 Å². The Morgan fingerprint density at radius 1 is 1.19 bits per heavy atom. The fourth-order valence-corrected chi connectivity index (χ4v) is 1.92. The summed E-state index contributed by atoms with van der Waals surface area (Å²) in [7, 11) is -0.896. The minimum absolute atomic E-state index is 0.0819. The van der Waals surface area contributed by atoms with E-state index >= 15 is 0 Å². The van der Waals surface area contributed by atoms with Gasteiger partial charge in [-0.05, 0) is 32.7 Å². The van der Waals surface area contributed by atoms with E-state index in [2.05, 4.69) is 0 Å². The molecule has 0 radical (unpaired) electrons. The zero-order valence-electron chi connectivity index (χ0n) is 10.2. The van der Waals surface area contributed by atoms with Crippen LogP contribution in [-0.2, 0) is 4.65 Å². The number of aliphatic hydroxyl groups is 1. The van der Waals surface area contributed by atoms with Crippen LogP contribution in [0.5, 0.6) is 0 Å². The Hall–Kier alpha value is -0.835. The second kappa shape index (κ2) is 6.04. The van der Waals surface area contributed by atoms with Gasteiger partial charge in [0, 0.05) is 13.2 Å². The van der Waals surface area contributed by atoms with Crippen LogP contribution >= 0.6 is 0 Å². The predicted octanol–water partition coefficient (Wildman–Crippen LogP) is 0.698. The molecule has 0 aliphatic heterocycles. The average molecular weight is 222 g/mol. The van der Waals surface area contributed by atoms with E-state index in [4.69, 9.17) is 9.76 Å². The van der Waals surface area contributed by atoms with Crippen molar-refractivity contribution in [2.24, 2.45) is 0 Å². The van der Waals surface area contributed by atoms with E-state index in [0.717, 1.165) is 16.6 Å². The molecule has 3 nitrogen and oxygen atoms in total. The summed E-state index contributed by atoms with van der Waals surface area (Å²) in [6.07, 6.45) is 0.543. The Labute approximate surface area is 97.2 Å². The second-order valence-electron chi connectivity index (χ2n) is 4.11. The van der Waals surface area contributed by atoms with Crippen molar-refractivity contribution in [2.45, 2.75) is 27.2 Å². The molecule has 0 heterocycles. The molecule has 0 atom stereocenters. The van der Waals surface area contributed by atoms with Gasteiger partial charge >= 0.3 is 7.12 Å². The van der Waals surface area contributed by atoms with Gasteiger partial charge < -0.3 is 14.8 Å². The third kappa shape index (κ3) is 3.34. The van der Waals surface area contributed by atoms with Crippen LogP contribution in [-0.4, -0.2) is 30.5 Å². The summed E-state index contributed by atoms with van der Waals surface area (Å²) in [5, 5.41) is 18.5. The lowest BCUT2D eigenvalue weighted by Crippen LogP contribution is -2.38. The fraction of sp³-hybridized carbons (Fsp3) is 0.500. The molecule has 88 valence electrons. The number of aryl methyl sites for hydroxylation is 3. The van der Waals surface area contributed by atoms with Gasteiger partial charge in [-0.1, -0.05) is 28.8 Å². The molecule has 0 aliphatic rings. The van der Waals surface area contributed by atoms with E-state index in [-0.39, 0.29) is 6.61 Å². The molecule has 16 heavy (non-hydrogen) atoms. The molecule has 0 amide bonds. The van der Waals surface area contributed by atoms with Crippen molar-refractivity contribution in [1.29, 1.82) is 0 Å². The standard InChI is InChI=1S/C12H19BO3/c1-9-7-10(2)12(11(3)8-9)13(15)16-6-4-5-14/h7-8,14-15H,4-6H2,1-3H3. The summed E-state index contributed by atoms with van der Waals surface area (Å²) in [4.78, 5) is 0. The molecule has 0 aromatic heterocycles. The molecular formula is C12H19BO3. The summed E-state index contributed by atoms with van der Waals surface area (Å²) >= 11 is 0. The monoisotopic (exact) mass is 222 g/mol. The van der Waals surface area contributed by atoms with Crippen molar-refractivity contribution in [2.75, 3.05) is 13.2 Å². The normalized spacial score (nSPS) is 10.6. The van der Waals surface area contributed by atoms with Gasteiger partial charge in [0.05, 0.1) is 0 Å². The number of rotatable bonds is 5. The lowest BCUT2D eigenvalue weighted by molar-refractivity contribution is 0.216. The van der Waals surface area contributed by atoms with Crippen LogP contribution in [0.2, 0.25) is 0 Å². The first kappa shape index (κ1) is 13.2. The summed E-state index contributed by atoms with van der Waals surface area (Å²) in [5.41, 5.74) is 4.09. The summed E-state index contributed by atoms with van der Waals surface area (Å²) in [5.74, 6) is 0. The topological polar surface area (TPSA) is 49.7 Å². The first-order valence-corrected chi connectivity index (χ1v) is 5.54.